The number of nitrogens with zero attached hydrogens (tertiary/aromatic N) is 2. The lowest BCUT2D eigenvalue weighted by atomic mass is 9.99. The van der Waals surface area contributed by atoms with E-state index in [9.17, 15) is 24.3 Å². The number of carboxylic acids is 1. The Bertz CT molecular complexity index is 2120. The number of carbonyl (C=O) groups excluding carboxylic acids is 3. The quantitative estimate of drug-likeness (QED) is 0.0434. The zero-order chi connectivity index (χ0) is 48.0. The van der Waals surface area contributed by atoms with Crippen LogP contribution in [0.5, 0.6) is 0 Å². The fourth-order valence-electron chi connectivity index (χ4n) is 7.68. The lowest BCUT2D eigenvalue weighted by Gasteiger charge is -2.43. The second-order valence-electron chi connectivity index (χ2n) is 17.5. The van der Waals surface area contributed by atoms with Crippen molar-refractivity contribution in [2.45, 2.75) is 96.8 Å². The Morgan fingerprint density at radius 3 is 1.30 bits per heavy atom. The van der Waals surface area contributed by atoms with E-state index < -0.39 is 62.8 Å². The van der Waals surface area contributed by atoms with E-state index in [1.807, 2.05) is 149 Å². The minimum absolute atomic E-state index is 0.0296. The molecule has 0 aliphatic carbocycles. The maximum absolute atomic E-state index is 15.9. The molecule has 2 heterocycles. The Hall–Kier alpha value is -5.02. The molecule has 2 aliphatic heterocycles. The van der Waals surface area contributed by atoms with E-state index in [-0.39, 0.29) is 83.2 Å². The van der Waals surface area contributed by atoms with E-state index in [0.717, 1.165) is 0 Å². The highest BCUT2D eigenvalue weighted by Gasteiger charge is 2.56. The second-order valence-corrected chi connectivity index (χ2v) is 22.1. The SMILES string of the molecule is CC(C)C[C@H](NC(=O)[C@H]1O[C@@H]1C(=O)O)C(=O)N[C@@H](CC(C)C)C(=O)N1CCN(C(P(=O)(OCc2ccccc2)OCc2ccccc2)P(=O)(OCc2ccccc2)OCc2ccccc2)CC1. The average molecular weight is 961 g/mol. The van der Waals surface area contributed by atoms with Crippen molar-refractivity contribution in [3.8, 4) is 0 Å². The summed E-state index contributed by atoms with van der Waals surface area (Å²) in [6, 6.07) is 34.5. The van der Waals surface area contributed by atoms with Gasteiger partial charge in [-0.15, -0.1) is 0 Å². The van der Waals surface area contributed by atoms with E-state index in [0.29, 0.717) is 22.3 Å². The number of hydrogen-bond acceptors (Lipinski definition) is 12. The van der Waals surface area contributed by atoms with Crippen LogP contribution in [0.4, 0.5) is 0 Å². The van der Waals surface area contributed by atoms with Crippen LogP contribution >= 0.6 is 15.2 Å². The van der Waals surface area contributed by atoms with Crippen LogP contribution in [0.25, 0.3) is 0 Å². The van der Waals surface area contributed by atoms with Gasteiger partial charge in [0.15, 0.2) is 12.2 Å². The maximum Gasteiger partial charge on any atom is 0.360 e. The number of amides is 3. The van der Waals surface area contributed by atoms with Crippen molar-refractivity contribution >= 4 is 38.9 Å². The van der Waals surface area contributed by atoms with E-state index in [1.165, 1.54) is 0 Å². The summed E-state index contributed by atoms with van der Waals surface area (Å²) in [4.78, 5) is 55.9. The van der Waals surface area contributed by atoms with Crippen LogP contribution in [0.3, 0.4) is 0 Å². The van der Waals surface area contributed by atoms with Crippen molar-refractivity contribution in [2.24, 2.45) is 11.8 Å². The third kappa shape index (κ3) is 15.0. The predicted molar refractivity (Wildman–Crippen MR) is 251 cm³/mol. The van der Waals surface area contributed by atoms with Crippen molar-refractivity contribution in [3.63, 3.8) is 0 Å². The molecule has 0 spiro atoms. The zero-order valence-electron chi connectivity index (χ0n) is 38.4. The molecule has 2 saturated heterocycles. The van der Waals surface area contributed by atoms with Gasteiger partial charge in [0.05, 0.1) is 26.4 Å². The average Bonchev–Trinajstić information content (AvgIpc) is 4.15. The topological polar surface area (TPSA) is 203 Å². The lowest BCUT2D eigenvalue weighted by Crippen LogP contribution is -2.59. The van der Waals surface area contributed by atoms with E-state index in [4.69, 9.17) is 22.8 Å². The first-order chi connectivity index (χ1) is 32.1. The van der Waals surface area contributed by atoms with E-state index in [2.05, 4.69) is 10.6 Å². The molecule has 0 aromatic heterocycles. The standard InChI is InChI=1S/C49H62N4O12P2/c1-35(2)29-41(50-46(55)43-44(65-43)48(57)58)45(54)51-42(30-36(3)4)47(56)52-25-27-53(28-26-52)49(66(59,61-31-37-17-9-5-10-18-37)62-32-38-19-11-6-12-20-38)67(60,63-33-39-21-13-7-14-22-39)64-34-40-23-15-8-16-24-40/h5-24,35-36,41-44,49H,25-34H2,1-4H3,(H,50,55)(H,51,54)(H,57,58)/t41-,42-,43-,44-/m0/s1. The van der Waals surface area contributed by atoms with Crippen LogP contribution in [0, 0.1) is 11.8 Å². The van der Waals surface area contributed by atoms with Crippen LogP contribution < -0.4 is 10.6 Å². The minimum atomic E-state index is -4.56. The second kappa shape index (κ2) is 24.3. The van der Waals surface area contributed by atoms with Crippen LogP contribution in [0.15, 0.2) is 121 Å². The normalized spacial score (nSPS) is 17.6. The summed E-state index contributed by atoms with van der Waals surface area (Å²) in [6.45, 7) is 7.20. The number of carboxylic acid groups (broad SMARTS) is 1. The number of aliphatic carboxylic acids is 1. The molecule has 3 N–H and O–H groups in total. The number of ether oxygens (including phenoxy) is 1. The number of rotatable bonds is 25. The Labute approximate surface area is 392 Å². The first kappa shape index (κ1) is 51.4. The van der Waals surface area contributed by atoms with Crippen LogP contribution in [0.2, 0.25) is 0 Å². The fraction of sp³-hybridized carbons (Fsp3) is 0.429. The highest BCUT2D eigenvalue weighted by molar-refractivity contribution is 7.72. The molecule has 0 bridgehead atoms. The zero-order valence-corrected chi connectivity index (χ0v) is 40.2. The molecule has 67 heavy (non-hydrogen) atoms. The smallest absolute Gasteiger partial charge is 0.360 e. The highest BCUT2D eigenvalue weighted by Crippen LogP contribution is 2.72. The highest BCUT2D eigenvalue weighted by atomic mass is 31.2. The molecule has 0 saturated carbocycles. The first-order valence-corrected chi connectivity index (χ1v) is 25.8. The molecule has 2 fully saturated rings. The van der Waals surface area contributed by atoms with Crippen molar-refractivity contribution in [3.05, 3.63) is 144 Å². The molecule has 0 radical (unpaired) electrons. The lowest BCUT2D eigenvalue weighted by molar-refractivity contribution is -0.139. The van der Waals surface area contributed by atoms with Gasteiger partial charge in [-0.3, -0.25) is 28.4 Å². The van der Waals surface area contributed by atoms with Crippen molar-refractivity contribution in [1.82, 2.24) is 20.4 Å². The Morgan fingerprint density at radius 1 is 0.582 bits per heavy atom. The van der Waals surface area contributed by atoms with Crippen molar-refractivity contribution in [2.75, 3.05) is 26.2 Å². The molecule has 360 valence electrons. The summed E-state index contributed by atoms with van der Waals surface area (Å²) in [5, 5.41) is 14.8. The predicted octanol–water partition coefficient (Wildman–Crippen LogP) is 7.58. The van der Waals surface area contributed by atoms with Gasteiger partial charge >= 0.3 is 21.2 Å². The van der Waals surface area contributed by atoms with Crippen molar-refractivity contribution < 1.29 is 56.2 Å². The van der Waals surface area contributed by atoms with Gasteiger partial charge in [-0.25, -0.2) is 4.79 Å². The largest absolute Gasteiger partial charge is 0.479 e. The number of epoxide rings is 1. The van der Waals surface area contributed by atoms with Crippen molar-refractivity contribution in [1.29, 1.82) is 0 Å². The summed E-state index contributed by atoms with van der Waals surface area (Å²) in [7, 11) is -9.13. The van der Waals surface area contributed by atoms with Gasteiger partial charge in [-0.2, -0.15) is 0 Å². The molecule has 6 rings (SSSR count). The van der Waals surface area contributed by atoms with Gasteiger partial charge in [0, 0.05) is 26.2 Å². The van der Waals surface area contributed by atoms with Gasteiger partial charge < -0.3 is 43.5 Å². The van der Waals surface area contributed by atoms with Gasteiger partial charge in [0.25, 0.3) is 5.91 Å². The molecule has 0 unspecified atom stereocenters. The molecule has 4 aromatic carbocycles. The number of nitrogens with one attached hydrogen (secondary N) is 2. The molecule has 4 aromatic rings. The van der Waals surface area contributed by atoms with Crippen LogP contribution in [-0.2, 0) is 77.6 Å². The molecule has 2 aliphatic rings. The molecule has 4 atom stereocenters. The first-order valence-electron chi connectivity index (χ1n) is 22.6. The van der Waals surface area contributed by atoms with E-state index in [1.54, 1.807) is 9.80 Å². The third-order valence-electron chi connectivity index (χ3n) is 11.2. The summed E-state index contributed by atoms with van der Waals surface area (Å²) in [5.74, 6) is -3.04. The molecule has 16 nitrogen and oxygen atoms in total. The minimum Gasteiger partial charge on any atom is -0.479 e. The Kier molecular flexibility index (Phi) is 18.6. The third-order valence-corrected chi connectivity index (χ3v) is 16.6. The van der Waals surface area contributed by atoms with Gasteiger partial charge in [0.2, 0.25) is 17.3 Å². The van der Waals surface area contributed by atoms with E-state index >= 15 is 9.13 Å². The Morgan fingerprint density at radius 2 is 0.955 bits per heavy atom. The molecule has 18 heteroatoms. The van der Waals surface area contributed by atoms with Gasteiger partial charge in [0.1, 0.15) is 12.1 Å². The Balaban J connectivity index is 1.29. The summed E-state index contributed by atoms with van der Waals surface area (Å²) in [5.41, 5.74) is 1.20. The number of carbonyl (C=O) groups is 4. The van der Waals surface area contributed by atoms with Crippen LogP contribution in [-0.4, -0.2) is 94.6 Å². The number of piperazine rings is 1. The molecular formula is C49H62N4O12P2. The monoisotopic (exact) mass is 960 g/mol. The number of benzene rings is 4. The maximum atomic E-state index is 15.9. The van der Waals surface area contributed by atoms with Gasteiger partial charge in [-0.1, -0.05) is 149 Å². The fourth-order valence-corrected chi connectivity index (χ4v) is 13.1. The summed E-state index contributed by atoms with van der Waals surface area (Å²) in [6.07, 6.45) is -1.99. The van der Waals surface area contributed by atoms with Crippen LogP contribution in [0.1, 0.15) is 62.8 Å². The summed E-state index contributed by atoms with van der Waals surface area (Å²) < 4.78 is 62.3. The molecular weight excluding hydrogens is 899 g/mol. The molecule has 3 amide bonds. The number of hydrogen-bond donors (Lipinski definition) is 3. The summed E-state index contributed by atoms with van der Waals surface area (Å²) >= 11 is 0. The van der Waals surface area contributed by atoms with Gasteiger partial charge in [-0.05, 0) is 46.9 Å².